The van der Waals surface area contributed by atoms with Gasteiger partial charge in [0.25, 0.3) is 5.91 Å². The van der Waals surface area contributed by atoms with Crippen molar-refractivity contribution in [2.45, 2.75) is 222 Å². The average Bonchev–Trinajstić information content (AvgIpc) is 4.06. The van der Waals surface area contributed by atoms with E-state index in [0.717, 1.165) is 12.8 Å². The van der Waals surface area contributed by atoms with Crippen LogP contribution in [0.25, 0.3) is 0 Å². The van der Waals surface area contributed by atoms with Crippen molar-refractivity contribution >= 4 is 11.9 Å². The number of benzene rings is 1. The number of hydrogen-bond acceptors (Lipinski definition) is 18. The molecule has 1 saturated carbocycles. The first kappa shape index (κ1) is 60.9. The summed E-state index contributed by atoms with van der Waals surface area (Å²) >= 11 is 0. The minimum Gasteiger partial charge on any atom is -0.459 e. The van der Waals surface area contributed by atoms with E-state index in [1.54, 1.807) is 72.0 Å². The molecule has 6 N–H and O–H groups in total. The lowest BCUT2D eigenvalue weighted by molar-refractivity contribution is -0.308. The van der Waals surface area contributed by atoms with Gasteiger partial charge in [-0.3, -0.25) is 9.59 Å². The highest BCUT2D eigenvalue weighted by molar-refractivity contribution is 5.94. The summed E-state index contributed by atoms with van der Waals surface area (Å²) in [7, 11) is 6.68. The molecule has 426 valence electrons. The number of cyclic esters (lactones) is 1. The number of nitrogens with one attached hydrogen (secondary N) is 1. The Morgan fingerprint density at radius 2 is 1.67 bits per heavy atom. The standard InChI is InChI=1S/C54H89FN6O14/c1-14-42-54(9,68)47(63)33(5)60(11)28-30(2)25-52(7,67)43(24-41(32(4)50(66)74-42)73-44-26-53(8,70-13)48(64)34(6)72-44)75-51-45(62)39(23-31(3)71-51)59(10)22-21-38-29-61(58-57-38)40(27-55)46(69-12)35-15-17-36(18-16-35)49(65)56-37-19-20-37/h15-18,29-34,37,39-48,51,62-64,67-68H,14,19-28H2,1-13H3,(H,56,65)/t30-,31-,32-,33-,34+,39+,40-,41+,42-,43-,44+,45-,46-,47-,48+,51+,52-,53-,54-/m1/s1. The number of carbonyl (C=O) groups excluding carboxylic acids is 2. The number of halogens is 1. The van der Waals surface area contributed by atoms with Crippen LogP contribution >= 0.6 is 0 Å². The number of aromatic nitrogens is 3. The molecule has 6 rings (SSSR count). The Morgan fingerprint density at radius 1 is 0.987 bits per heavy atom. The summed E-state index contributed by atoms with van der Waals surface area (Å²) in [5.74, 6) is -2.16. The van der Waals surface area contributed by atoms with Gasteiger partial charge in [-0.2, -0.15) is 0 Å². The Hall–Kier alpha value is -3.29. The monoisotopic (exact) mass is 1060 g/mol. The lowest BCUT2D eigenvalue weighted by Gasteiger charge is -2.47. The number of ether oxygens (including phenoxy) is 7. The number of aliphatic hydroxyl groups excluding tert-OH is 3. The number of likely N-dealkylation sites (N-methyl/N-ethyl adjacent to an activating group) is 2. The van der Waals surface area contributed by atoms with Gasteiger partial charge < -0.3 is 73.8 Å². The highest BCUT2D eigenvalue weighted by Crippen LogP contribution is 2.39. The Bertz CT molecular complexity index is 2130. The molecule has 1 aromatic carbocycles. The van der Waals surface area contributed by atoms with E-state index >= 15 is 0 Å². The highest BCUT2D eigenvalue weighted by Gasteiger charge is 2.51. The molecule has 4 heterocycles. The van der Waals surface area contributed by atoms with Crippen LogP contribution in [0.5, 0.6) is 0 Å². The molecule has 19 atom stereocenters. The van der Waals surface area contributed by atoms with Crippen molar-refractivity contribution in [3.63, 3.8) is 0 Å². The lowest BCUT2D eigenvalue weighted by atomic mass is 9.83. The summed E-state index contributed by atoms with van der Waals surface area (Å²) < 4.78 is 60.0. The topological polar surface area (TPSA) is 249 Å². The second-order valence-corrected chi connectivity index (χ2v) is 22.9. The van der Waals surface area contributed by atoms with E-state index in [1.165, 1.54) is 25.8 Å². The fourth-order valence-electron chi connectivity index (χ4n) is 11.2. The number of carbonyl (C=O) groups is 2. The maximum atomic E-state index is 14.9. The molecule has 3 aliphatic heterocycles. The van der Waals surface area contributed by atoms with E-state index in [0.29, 0.717) is 42.8 Å². The van der Waals surface area contributed by atoms with Crippen molar-refractivity contribution in [3.8, 4) is 0 Å². The van der Waals surface area contributed by atoms with Crippen LogP contribution in [0.4, 0.5) is 4.39 Å². The number of aliphatic hydroxyl groups is 5. The van der Waals surface area contributed by atoms with Gasteiger partial charge in [-0.1, -0.05) is 31.2 Å². The number of nitrogens with zero attached hydrogens (tertiary/aromatic N) is 5. The van der Waals surface area contributed by atoms with Gasteiger partial charge in [-0.15, -0.1) is 5.10 Å². The fraction of sp³-hybridized carbons (Fsp3) is 0.815. The Morgan fingerprint density at radius 3 is 2.28 bits per heavy atom. The predicted octanol–water partition coefficient (Wildman–Crippen LogP) is 3.65. The lowest BCUT2D eigenvalue weighted by Crippen LogP contribution is -2.59. The number of methoxy groups -OCH3 is 2. The van der Waals surface area contributed by atoms with Crippen LogP contribution in [0.1, 0.15) is 141 Å². The number of hydrogen-bond donors (Lipinski definition) is 6. The molecule has 21 heteroatoms. The third kappa shape index (κ3) is 14.7. The SMILES string of the molecule is CC[C@H]1OC(=O)[C@H](C)[C@@H](O[C@H]2C[C@@](C)(OC)[C@@H](O)[C@H](C)O2)C[C@@H](O[C@@H]2O[C@H](C)C[C@H](N(C)CCc3cn([C@H](CF)[C@H](OC)c4ccc(C(=O)NC5CC5)cc4)nn3)[C@H]2O)[C@](C)(O)C[C@@H](C)CN(C)[C@H](C)[C@@H](O)[C@]1(C)O. The van der Waals surface area contributed by atoms with Crippen LogP contribution in [0, 0.1) is 11.8 Å². The third-order valence-electron chi connectivity index (χ3n) is 16.5. The molecule has 0 bridgehead atoms. The number of esters is 1. The van der Waals surface area contributed by atoms with Gasteiger partial charge in [0.15, 0.2) is 12.6 Å². The average molecular weight is 1070 g/mol. The molecule has 0 unspecified atom stereocenters. The van der Waals surface area contributed by atoms with Gasteiger partial charge in [-0.25, -0.2) is 9.07 Å². The van der Waals surface area contributed by atoms with Crippen LogP contribution in [0.3, 0.4) is 0 Å². The zero-order valence-corrected chi connectivity index (χ0v) is 46.5. The normalized spacial score (nSPS) is 38.8. The minimum atomic E-state index is -1.85. The van der Waals surface area contributed by atoms with Crippen molar-refractivity contribution in [2.24, 2.45) is 11.8 Å². The Balaban J connectivity index is 1.22. The molecule has 2 aromatic rings. The predicted molar refractivity (Wildman–Crippen MR) is 274 cm³/mol. The van der Waals surface area contributed by atoms with Crippen molar-refractivity contribution in [1.82, 2.24) is 30.1 Å². The molecule has 3 saturated heterocycles. The quantitative estimate of drug-likeness (QED) is 0.124. The second kappa shape index (κ2) is 25.7. The van der Waals surface area contributed by atoms with Crippen LogP contribution in [-0.2, 0) is 44.4 Å². The molecule has 1 aliphatic carbocycles. The van der Waals surface area contributed by atoms with Gasteiger partial charge >= 0.3 is 5.97 Å². The van der Waals surface area contributed by atoms with Gasteiger partial charge in [0.1, 0.15) is 48.8 Å². The smallest absolute Gasteiger partial charge is 0.311 e. The van der Waals surface area contributed by atoms with E-state index in [9.17, 15) is 39.5 Å². The highest BCUT2D eigenvalue weighted by atomic mass is 19.1. The van der Waals surface area contributed by atoms with E-state index in [2.05, 4.69) is 15.6 Å². The molecule has 4 aliphatic rings. The van der Waals surface area contributed by atoms with Gasteiger partial charge in [0.2, 0.25) is 0 Å². The Kier molecular flexibility index (Phi) is 20.8. The minimum absolute atomic E-state index is 0.0856. The number of alkyl halides is 1. The third-order valence-corrected chi connectivity index (χ3v) is 16.5. The number of amides is 1. The summed E-state index contributed by atoms with van der Waals surface area (Å²) in [4.78, 5) is 30.9. The summed E-state index contributed by atoms with van der Waals surface area (Å²) in [6.45, 7) is 15.6. The maximum Gasteiger partial charge on any atom is 0.311 e. The van der Waals surface area contributed by atoms with Crippen LogP contribution < -0.4 is 5.32 Å². The van der Waals surface area contributed by atoms with Crippen LogP contribution in [-0.4, -0.2) is 207 Å². The van der Waals surface area contributed by atoms with Crippen LogP contribution in [0.2, 0.25) is 0 Å². The molecule has 4 fully saturated rings. The molecular formula is C54H89FN6O14. The van der Waals surface area contributed by atoms with E-state index in [1.807, 2.05) is 37.7 Å². The molecule has 1 aromatic heterocycles. The molecule has 1 amide bonds. The Labute approximate surface area is 442 Å². The van der Waals surface area contributed by atoms with Crippen molar-refractivity contribution < 1.29 is 72.7 Å². The van der Waals surface area contributed by atoms with Gasteiger partial charge in [0, 0.05) is 76.5 Å². The molecule has 0 radical (unpaired) electrons. The molecular weight excluding hydrogens is 976 g/mol. The van der Waals surface area contributed by atoms with Gasteiger partial charge in [-0.05, 0) is 118 Å². The summed E-state index contributed by atoms with van der Waals surface area (Å²) in [5.41, 5.74) is -2.79. The van der Waals surface area contributed by atoms with Crippen molar-refractivity contribution in [2.75, 3.05) is 48.1 Å². The fourth-order valence-corrected chi connectivity index (χ4v) is 11.2. The van der Waals surface area contributed by atoms with Crippen LogP contribution in [0.15, 0.2) is 30.5 Å². The number of rotatable bonds is 17. The summed E-state index contributed by atoms with van der Waals surface area (Å²) in [6, 6.07) is 5.21. The van der Waals surface area contributed by atoms with Crippen molar-refractivity contribution in [3.05, 3.63) is 47.3 Å². The second-order valence-electron chi connectivity index (χ2n) is 22.9. The van der Waals surface area contributed by atoms with E-state index < -0.39 is 121 Å². The van der Waals surface area contributed by atoms with E-state index in [-0.39, 0.29) is 43.6 Å². The summed E-state index contributed by atoms with van der Waals surface area (Å²) in [6.07, 6.45) is -6.22. The largest absolute Gasteiger partial charge is 0.459 e. The molecule has 20 nitrogen and oxygen atoms in total. The molecule has 0 spiro atoms. The maximum absolute atomic E-state index is 14.9. The van der Waals surface area contributed by atoms with E-state index in [4.69, 9.17) is 33.2 Å². The summed E-state index contributed by atoms with van der Waals surface area (Å²) in [5, 5.41) is 71.1. The van der Waals surface area contributed by atoms with Gasteiger partial charge in [0.05, 0.1) is 47.2 Å². The van der Waals surface area contributed by atoms with Crippen molar-refractivity contribution in [1.29, 1.82) is 0 Å². The first-order valence-electron chi connectivity index (χ1n) is 26.9. The first-order valence-corrected chi connectivity index (χ1v) is 26.9. The zero-order chi connectivity index (χ0) is 55.3. The molecule has 75 heavy (non-hydrogen) atoms. The zero-order valence-electron chi connectivity index (χ0n) is 46.5. The first-order chi connectivity index (χ1) is 35.3.